The van der Waals surface area contributed by atoms with Crippen LogP contribution in [0.2, 0.25) is 0 Å². The van der Waals surface area contributed by atoms with Crippen molar-refractivity contribution in [2.45, 2.75) is 24.9 Å². The van der Waals surface area contributed by atoms with Crippen LogP contribution in [0.3, 0.4) is 0 Å². The molecular formula is C35H30N2O5S. The first-order valence-corrected chi connectivity index (χ1v) is 14.9. The number of ketones is 1. The molecule has 1 aliphatic carbocycles. The van der Waals surface area contributed by atoms with Gasteiger partial charge in [0.1, 0.15) is 5.54 Å². The van der Waals surface area contributed by atoms with Crippen molar-refractivity contribution in [1.29, 1.82) is 0 Å². The van der Waals surface area contributed by atoms with E-state index in [9.17, 15) is 9.59 Å². The summed E-state index contributed by atoms with van der Waals surface area (Å²) in [5.74, 6) is -0.333. The van der Waals surface area contributed by atoms with Crippen LogP contribution in [0.25, 0.3) is 11.1 Å². The van der Waals surface area contributed by atoms with Crippen LogP contribution in [0.4, 0.5) is 9.59 Å². The highest BCUT2D eigenvalue weighted by atomic mass is 32.2. The van der Waals surface area contributed by atoms with E-state index in [1.165, 1.54) is 8.61 Å². The van der Waals surface area contributed by atoms with E-state index in [2.05, 4.69) is 0 Å². The van der Waals surface area contributed by atoms with E-state index < -0.39 is 23.3 Å². The fourth-order valence-corrected chi connectivity index (χ4v) is 7.64. The molecule has 6 rings (SSSR count). The van der Waals surface area contributed by atoms with Crippen LogP contribution in [0, 0.1) is 0 Å². The summed E-state index contributed by atoms with van der Waals surface area (Å²) >= 11 is 0.848. The predicted octanol–water partition coefficient (Wildman–Crippen LogP) is 7.46. The molecule has 0 unspecified atom stereocenters. The molecule has 1 fully saturated rings. The van der Waals surface area contributed by atoms with Crippen molar-refractivity contribution in [2.24, 2.45) is 0 Å². The first-order chi connectivity index (χ1) is 21.0. The van der Waals surface area contributed by atoms with Gasteiger partial charge >= 0.3 is 12.2 Å². The van der Waals surface area contributed by atoms with Crippen LogP contribution in [-0.4, -0.2) is 39.8 Å². The van der Waals surface area contributed by atoms with Crippen molar-refractivity contribution >= 4 is 41.2 Å². The molecule has 0 aromatic heterocycles. The van der Waals surface area contributed by atoms with Crippen molar-refractivity contribution in [3.05, 3.63) is 144 Å². The van der Waals surface area contributed by atoms with Gasteiger partial charge in [-0.1, -0.05) is 121 Å². The summed E-state index contributed by atoms with van der Waals surface area (Å²) in [7, 11) is 0. The fourth-order valence-electron chi connectivity index (χ4n) is 6.34. The molecule has 4 aromatic carbocycles. The molecule has 2 aliphatic rings. The third-order valence-corrected chi connectivity index (χ3v) is 9.01. The SMILES string of the molecule is CCOC(=O)N1SN(C(=O)OCC)[C@]2(c3ccccc3)C(c3ccccc3)=C(c3ccccc3)C(=O)[C@]12c1ccccc1. The third kappa shape index (κ3) is 4.08. The highest BCUT2D eigenvalue weighted by Crippen LogP contribution is 2.71. The number of benzene rings is 4. The third-order valence-electron chi connectivity index (χ3n) is 7.84. The summed E-state index contributed by atoms with van der Waals surface area (Å²) in [4.78, 5) is 43.8. The van der Waals surface area contributed by atoms with Gasteiger partial charge in [-0.2, -0.15) is 0 Å². The molecule has 7 nitrogen and oxygen atoms in total. The zero-order valence-electron chi connectivity index (χ0n) is 23.8. The number of carbonyl (C=O) groups excluding carboxylic acids is 3. The zero-order valence-corrected chi connectivity index (χ0v) is 24.6. The Morgan fingerprint density at radius 3 is 1.47 bits per heavy atom. The fraction of sp³-hybridized carbons (Fsp3) is 0.171. The van der Waals surface area contributed by atoms with E-state index >= 15 is 4.79 Å². The van der Waals surface area contributed by atoms with Crippen LogP contribution in [-0.2, 0) is 25.3 Å². The summed E-state index contributed by atoms with van der Waals surface area (Å²) in [6.07, 6.45) is -1.42. The number of fused-ring (bicyclic) bond motifs is 1. The first kappa shape index (κ1) is 28.3. The summed E-state index contributed by atoms with van der Waals surface area (Å²) in [5, 5.41) is 0. The van der Waals surface area contributed by atoms with Gasteiger partial charge in [-0.05, 0) is 36.1 Å². The zero-order chi connectivity index (χ0) is 30.0. The Labute approximate surface area is 255 Å². The van der Waals surface area contributed by atoms with Crippen LogP contribution < -0.4 is 0 Å². The molecule has 43 heavy (non-hydrogen) atoms. The molecule has 1 saturated heterocycles. The number of carbonyl (C=O) groups is 3. The van der Waals surface area contributed by atoms with E-state index in [0.717, 1.165) is 17.7 Å². The maximum Gasteiger partial charge on any atom is 0.422 e. The predicted molar refractivity (Wildman–Crippen MR) is 166 cm³/mol. The Morgan fingerprint density at radius 1 is 0.605 bits per heavy atom. The van der Waals surface area contributed by atoms with Gasteiger partial charge in [0.2, 0.25) is 0 Å². The molecule has 0 bridgehead atoms. The molecule has 0 saturated carbocycles. The Morgan fingerprint density at radius 2 is 1.00 bits per heavy atom. The van der Waals surface area contributed by atoms with Gasteiger partial charge in [-0.25, -0.2) is 18.2 Å². The molecule has 0 radical (unpaired) electrons. The number of nitrogens with zero attached hydrogens (tertiary/aromatic N) is 2. The van der Waals surface area contributed by atoms with Crippen molar-refractivity contribution in [3.8, 4) is 0 Å². The van der Waals surface area contributed by atoms with E-state index in [1.807, 2.05) is 121 Å². The Kier molecular flexibility index (Phi) is 7.54. The number of hydrogen-bond acceptors (Lipinski definition) is 6. The number of ether oxygens (including phenoxy) is 2. The maximum absolute atomic E-state index is 15.6. The topological polar surface area (TPSA) is 76.2 Å². The van der Waals surface area contributed by atoms with E-state index in [4.69, 9.17) is 9.47 Å². The van der Waals surface area contributed by atoms with Crippen molar-refractivity contribution in [3.63, 3.8) is 0 Å². The second-order valence-corrected chi connectivity index (χ2v) is 10.9. The lowest BCUT2D eigenvalue weighted by atomic mass is 9.66. The van der Waals surface area contributed by atoms with Crippen molar-refractivity contribution < 1.29 is 23.9 Å². The first-order valence-electron chi connectivity index (χ1n) is 14.2. The molecular weight excluding hydrogens is 560 g/mol. The Balaban J connectivity index is 1.86. The highest BCUT2D eigenvalue weighted by Gasteiger charge is 2.79. The van der Waals surface area contributed by atoms with Gasteiger partial charge in [-0.15, -0.1) is 0 Å². The number of rotatable bonds is 6. The Bertz CT molecular complexity index is 1680. The minimum Gasteiger partial charge on any atom is -0.449 e. The number of amides is 2. The lowest BCUT2D eigenvalue weighted by Crippen LogP contribution is -2.60. The average Bonchev–Trinajstić information content (AvgIpc) is 3.50. The summed E-state index contributed by atoms with van der Waals surface area (Å²) in [6, 6.07) is 37.5. The monoisotopic (exact) mass is 590 g/mol. The summed E-state index contributed by atoms with van der Waals surface area (Å²) in [6.45, 7) is 3.62. The Hall–Kier alpha value is -4.82. The molecule has 0 N–H and O–H groups in total. The average molecular weight is 591 g/mol. The number of hydrogen-bond donors (Lipinski definition) is 0. The largest absolute Gasteiger partial charge is 0.449 e. The molecule has 2 amide bonds. The van der Waals surface area contributed by atoms with E-state index in [-0.39, 0.29) is 19.0 Å². The van der Waals surface area contributed by atoms with Crippen LogP contribution >= 0.6 is 12.1 Å². The van der Waals surface area contributed by atoms with Crippen LogP contribution in [0.15, 0.2) is 121 Å². The normalized spacial score (nSPS) is 21.1. The van der Waals surface area contributed by atoms with Crippen molar-refractivity contribution in [2.75, 3.05) is 13.2 Å². The van der Waals surface area contributed by atoms with Crippen molar-refractivity contribution in [1.82, 2.24) is 8.61 Å². The van der Waals surface area contributed by atoms with Gasteiger partial charge in [0.15, 0.2) is 11.3 Å². The molecule has 216 valence electrons. The quantitative estimate of drug-likeness (QED) is 0.217. The van der Waals surface area contributed by atoms with Gasteiger partial charge < -0.3 is 9.47 Å². The molecule has 0 spiro atoms. The van der Waals surface area contributed by atoms with Gasteiger partial charge in [0, 0.05) is 11.1 Å². The minimum absolute atomic E-state index is 0.0806. The molecule has 8 heteroatoms. The van der Waals surface area contributed by atoms with Crippen LogP contribution in [0.1, 0.15) is 36.1 Å². The molecule has 1 aliphatic heterocycles. The second kappa shape index (κ2) is 11.5. The second-order valence-electron chi connectivity index (χ2n) is 10.0. The highest BCUT2D eigenvalue weighted by molar-refractivity contribution is 7.96. The molecule has 2 atom stereocenters. The van der Waals surface area contributed by atoms with E-state index in [1.54, 1.807) is 13.8 Å². The summed E-state index contributed by atoms with van der Waals surface area (Å²) in [5.41, 5.74) is 0.245. The maximum atomic E-state index is 15.6. The minimum atomic E-state index is -1.77. The number of Topliss-reactive ketones (excluding diaryl/α,β-unsaturated/α-hetero) is 1. The van der Waals surface area contributed by atoms with Gasteiger partial charge in [0.05, 0.1) is 25.3 Å². The van der Waals surface area contributed by atoms with Gasteiger partial charge in [0.25, 0.3) is 0 Å². The van der Waals surface area contributed by atoms with E-state index in [0.29, 0.717) is 27.8 Å². The summed E-state index contributed by atoms with van der Waals surface area (Å²) < 4.78 is 14.0. The lowest BCUT2D eigenvalue weighted by molar-refractivity contribution is -0.124. The van der Waals surface area contributed by atoms with Gasteiger partial charge in [-0.3, -0.25) is 4.79 Å². The molecule has 1 heterocycles. The standard InChI is InChI=1S/C35H30N2O5S/c1-3-41-32(39)36-34(27-21-13-7-14-22-27)30(26-19-11-6-12-20-26)29(25-17-9-5-10-18-25)31(38)35(34,28-23-15-8-16-24-28)37(43-36)33(40)42-4-2/h5-24H,3-4H2,1-2H3/t34-,35+/m1/s1. The smallest absolute Gasteiger partial charge is 0.422 e. The van der Waals surface area contributed by atoms with Crippen LogP contribution in [0.5, 0.6) is 0 Å². The molecule has 4 aromatic rings. The lowest BCUT2D eigenvalue weighted by Gasteiger charge is -2.45.